The van der Waals surface area contributed by atoms with Gasteiger partial charge in [0.25, 0.3) is 15.9 Å². The molecule has 4 N–H and O–H groups in total. The Morgan fingerprint density at radius 3 is 2.30 bits per heavy atom. The van der Waals surface area contributed by atoms with Gasteiger partial charge < -0.3 is 35.1 Å². The van der Waals surface area contributed by atoms with Gasteiger partial charge >= 0.3 is 6.09 Å². The zero-order chi connectivity index (χ0) is 44.5. The van der Waals surface area contributed by atoms with Crippen LogP contribution in [-0.4, -0.2) is 114 Å². The molecule has 1 saturated heterocycles. The summed E-state index contributed by atoms with van der Waals surface area (Å²) in [4.78, 5) is 61.9. The van der Waals surface area contributed by atoms with Crippen LogP contribution in [0, 0.1) is 5.92 Å². The molecule has 1 aliphatic carbocycles. The topological polar surface area (TPSA) is 194 Å². The molecule has 1 saturated carbocycles. The summed E-state index contributed by atoms with van der Waals surface area (Å²) < 4.78 is 46.1. The van der Waals surface area contributed by atoms with E-state index in [9.17, 15) is 27.6 Å². The van der Waals surface area contributed by atoms with E-state index in [-0.39, 0.29) is 30.7 Å². The van der Waals surface area contributed by atoms with Crippen LogP contribution in [0.2, 0.25) is 0 Å². The third-order valence-corrected chi connectivity index (χ3v) is 11.5. The second-order valence-electron chi connectivity index (χ2n) is 15.6. The number of rotatable bonds is 15. The molecule has 3 aromatic carbocycles. The van der Waals surface area contributed by atoms with Crippen LogP contribution < -0.4 is 30.1 Å². The molecule has 2 aliphatic rings. The zero-order valence-corrected chi connectivity index (χ0v) is 35.7. The van der Waals surface area contributed by atoms with Gasteiger partial charge in [0.2, 0.25) is 11.8 Å². The molecule has 4 aromatic rings. The summed E-state index contributed by atoms with van der Waals surface area (Å²) in [5.41, 5.74) is -0.447. The van der Waals surface area contributed by atoms with Crippen molar-refractivity contribution in [2.75, 3.05) is 27.2 Å². The van der Waals surface area contributed by atoms with Crippen LogP contribution in [-0.2, 0) is 29.1 Å². The average molecular weight is 849 g/mol. The molecule has 1 unspecified atom stereocenters. The van der Waals surface area contributed by atoms with Gasteiger partial charge in [0, 0.05) is 50.9 Å². The fraction of sp³-hybridized carbons (Fsp3) is 0.372. The van der Waals surface area contributed by atoms with Crippen molar-refractivity contribution < 1.29 is 41.8 Å². The molecular weight excluding hydrogens is 798 g/mol. The number of nitrogens with zero attached hydrogens (tertiary/aromatic N) is 2. The normalized spacial score (nSPS) is 20.0. The zero-order valence-electron chi connectivity index (χ0n) is 34.8. The molecule has 4 amide bonds. The molecular formula is C43H50B2N6O9S. The monoisotopic (exact) mass is 848 g/mol. The number of aromatic nitrogens is 1. The van der Waals surface area contributed by atoms with Crippen LogP contribution in [0.25, 0.3) is 22.2 Å². The lowest BCUT2D eigenvalue weighted by atomic mass is 9.81. The number of carbonyl (C=O) groups is 4. The van der Waals surface area contributed by atoms with E-state index in [0.29, 0.717) is 34.6 Å². The average Bonchev–Trinajstić information content (AvgIpc) is 3.81. The highest BCUT2D eigenvalue weighted by atomic mass is 32.2. The highest BCUT2D eigenvalue weighted by molar-refractivity contribution is 7.90. The van der Waals surface area contributed by atoms with Gasteiger partial charge in [-0.25, -0.2) is 22.9 Å². The number of alkyl carbamates (subject to hydrolysis) is 1. The van der Waals surface area contributed by atoms with Crippen molar-refractivity contribution in [1.29, 1.82) is 0 Å². The molecule has 2 fully saturated rings. The first-order valence-corrected chi connectivity index (χ1v) is 21.1. The SMILES string of the molecule is C=C[C@@H]1C[C@]1(NC(=O)[C@@H]1CC(Oc2cc(-c3ccccc3)nc3cc(OC)ccc23)CN1C(=O)[C@H](CCNC)NC(=O)OC(C)(C)C)C(=O)NS(=O)(=O)c1ccccc1.[B][B]. The Hall–Kier alpha value is -5.87. The van der Waals surface area contributed by atoms with E-state index < -0.39 is 69.1 Å². The second kappa shape index (κ2) is 19.7. The number of nitrogens with one attached hydrogen (secondary N) is 4. The Bertz CT molecular complexity index is 2330. The summed E-state index contributed by atoms with van der Waals surface area (Å²) in [6.45, 7) is 9.17. The largest absolute Gasteiger partial charge is 0.497 e. The van der Waals surface area contributed by atoms with Crippen LogP contribution in [0.4, 0.5) is 4.79 Å². The Labute approximate surface area is 359 Å². The number of carbonyl (C=O) groups excluding carboxylic acids is 4. The van der Waals surface area contributed by atoms with Crippen LogP contribution in [0.15, 0.2) is 102 Å². The first-order chi connectivity index (χ1) is 29.1. The Kier molecular flexibility index (Phi) is 14.9. The van der Waals surface area contributed by atoms with E-state index in [4.69, 9.17) is 19.2 Å². The quantitative estimate of drug-likeness (QED) is 0.101. The van der Waals surface area contributed by atoms with E-state index in [2.05, 4.69) is 42.7 Å². The van der Waals surface area contributed by atoms with Crippen molar-refractivity contribution in [2.24, 2.45) is 5.92 Å². The second-order valence-corrected chi connectivity index (χ2v) is 17.3. The third-order valence-electron chi connectivity index (χ3n) is 10.2. The Morgan fingerprint density at radius 2 is 1.69 bits per heavy atom. The van der Waals surface area contributed by atoms with Crippen molar-refractivity contribution in [3.8, 4) is 22.8 Å². The first-order valence-electron chi connectivity index (χ1n) is 19.6. The molecule has 15 nitrogen and oxygen atoms in total. The maximum absolute atomic E-state index is 14.6. The summed E-state index contributed by atoms with van der Waals surface area (Å²) in [6, 6.07) is 21.8. The number of methoxy groups -OCH3 is 1. The predicted molar refractivity (Wildman–Crippen MR) is 232 cm³/mol. The molecule has 18 heteroatoms. The van der Waals surface area contributed by atoms with E-state index >= 15 is 0 Å². The summed E-state index contributed by atoms with van der Waals surface area (Å²) in [6.07, 6.45) is 0.139. The Balaban J connectivity index is 0.00000347. The number of ether oxygens (including phenoxy) is 3. The van der Waals surface area contributed by atoms with Gasteiger partial charge in [-0.2, -0.15) is 0 Å². The smallest absolute Gasteiger partial charge is 0.408 e. The van der Waals surface area contributed by atoms with Crippen LogP contribution in [0.1, 0.15) is 40.0 Å². The summed E-state index contributed by atoms with van der Waals surface area (Å²) in [5.74, 6) is -1.77. The number of sulfonamides is 1. The number of pyridine rings is 1. The molecule has 0 bridgehead atoms. The van der Waals surface area contributed by atoms with Gasteiger partial charge in [0.05, 0.1) is 29.8 Å². The summed E-state index contributed by atoms with van der Waals surface area (Å²) in [5, 5.41) is 9.13. The number of hydrogen-bond acceptors (Lipinski definition) is 11. The number of fused-ring (bicyclic) bond motifs is 1. The summed E-state index contributed by atoms with van der Waals surface area (Å²) in [7, 11) is 6.98. The first kappa shape index (κ1) is 46.2. The molecule has 1 aliphatic heterocycles. The highest BCUT2D eigenvalue weighted by Gasteiger charge is 2.61. The molecule has 61 heavy (non-hydrogen) atoms. The fourth-order valence-corrected chi connectivity index (χ4v) is 8.18. The molecule has 2 heterocycles. The molecule has 5 atom stereocenters. The van der Waals surface area contributed by atoms with Gasteiger partial charge in [-0.05, 0) is 71.5 Å². The standard InChI is InChI=1S/C43H50N6O9S.B2/c1-7-28-25-43(28,40(52)48-59(54,55)31-16-12-9-13-17-31)47-38(50)36-23-30(26-49(36)39(51)33(20-21-44-5)46-41(53)58-42(2,3)4)57-37-24-34(27-14-10-8-11-15-27)45-35-22-29(56-6)18-19-32(35)37;1-2/h7-19,22,24,28,30,33,36,44H,1,20-21,23,25-26H2,2-6H3,(H,46,53)(H,47,50)(H,48,52);/t28-,30?,33+,36+,43-;/m1./s1. The fourth-order valence-electron chi connectivity index (χ4n) is 7.12. The minimum Gasteiger partial charge on any atom is -0.497 e. The van der Waals surface area contributed by atoms with Crippen LogP contribution >= 0.6 is 0 Å². The number of hydrogen-bond donors (Lipinski definition) is 4. The lowest BCUT2D eigenvalue weighted by Gasteiger charge is -2.30. The summed E-state index contributed by atoms with van der Waals surface area (Å²) >= 11 is 0. The van der Waals surface area contributed by atoms with Crippen molar-refractivity contribution in [1.82, 2.24) is 30.6 Å². The molecule has 4 radical (unpaired) electrons. The van der Waals surface area contributed by atoms with Gasteiger partial charge in [-0.3, -0.25) is 14.4 Å². The van der Waals surface area contributed by atoms with Gasteiger partial charge in [0.15, 0.2) is 0 Å². The number of benzene rings is 3. The lowest BCUT2D eigenvalue weighted by molar-refractivity contribution is -0.141. The van der Waals surface area contributed by atoms with Crippen molar-refractivity contribution in [3.63, 3.8) is 0 Å². The molecule has 0 spiro atoms. The van der Waals surface area contributed by atoms with E-state index in [1.54, 1.807) is 59.2 Å². The van der Waals surface area contributed by atoms with Crippen molar-refractivity contribution in [2.45, 2.75) is 74.3 Å². The molecule has 6 rings (SSSR count). The maximum Gasteiger partial charge on any atom is 0.408 e. The number of likely N-dealkylation sites (tertiary alicyclic amines) is 1. The Morgan fingerprint density at radius 1 is 1.02 bits per heavy atom. The predicted octanol–water partition coefficient (Wildman–Crippen LogP) is 3.57. The van der Waals surface area contributed by atoms with Gasteiger partial charge in [0.1, 0.15) is 40.8 Å². The number of amides is 4. The van der Waals surface area contributed by atoms with Gasteiger partial charge in [-0.1, -0.05) is 54.6 Å². The van der Waals surface area contributed by atoms with Crippen LogP contribution in [0.5, 0.6) is 11.5 Å². The van der Waals surface area contributed by atoms with Gasteiger partial charge in [-0.15, -0.1) is 6.58 Å². The van der Waals surface area contributed by atoms with Crippen molar-refractivity contribution in [3.05, 3.63) is 97.6 Å². The third kappa shape index (κ3) is 11.1. The molecule has 1 aromatic heterocycles. The van der Waals surface area contributed by atoms with E-state index in [0.717, 1.165) is 5.56 Å². The highest BCUT2D eigenvalue weighted by Crippen LogP contribution is 2.45. The van der Waals surface area contributed by atoms with E-state index in [1.807, 2.05) is 36.4 Å². The van der Waals surface area contributed by atoms with E-state index in [1.165, 1.54) is 35.2 Å². The molecule has 318 valence electrons. The van der Waals surface area contributed by atoms with Crippen molar-refractivity contribution >= 4 is 60.2 Å². The van der Waals surface area contributed by atoms with Crippen LogP contribution in [0.3, 0.4) is 0 Å². The minimum absolute atomic E-state index is 0.0117. The maximum atomic E-state index is 14.6. The lowest BCUT2D eigenvalue weighted by Crippen LogP contribution is -2.58. The minimum atomic E-state index is -4.29.